The van der Waals surface area contributed by atoms with Crippen LogP contribution < -0.4 is 10.1 Å². The molecule has 0 unspecified atom stereocenters. The first kappa shape index (κ1) is 19.5. The second-order valence-corrected chi connectivity index (χ2v) is 5.82. The molecule has 1 saturated carbocycles. The van der Waals surface area contributed by atoms with Gasteiger partial charge in [0.2, 0.25) is 0 Å². The summed E-state index contributed by atoms with van der Waals surface area (Å²) >= 11 is 0. The van der Waals surface area contributed by atoms with E-state index in [1.165, 1.54) is 31.9 Å². The molecule has 1 aromatic carbocycles. The largest absolute Gasteiger partial charge is 0.494 e. The molecule has 1 aliphatic heterocycles. The van der Waals surface area contributed by atoms with Crippen molar-refractivity contribution in [2.45, 2.75) is 25.3 Å². The van der Waals surface area contributed by atoms with E-state index in [2.05, 4.69) is 10.2 Å². The van der Waals surface area contributed by atoms with Crippen LogP contribution in [0.15, 0.2) is 18.2 Å². The van der Waals surface area contributed by atoms with Crippen molar-refractivity contribution in [3.05, 3.63) is 29.6 Å². The molecule has 0 bridgehead atoms. The average Bonchev–Trinajstić information content (AvgIpc) is 2.44. The summed E-state index contributed by atoms with van der Waals surface area (Å²) in [5.41, 5.74) is 1.20. The van der Waals surface area contributed by atoms with Crippen LogP contribution in [-0.2, 0) is 0 Å². The van der Waals surface area contributed by atoms with Crippen molar-refractivity contribution >= 4 is 24.8 Å². The quantitative estimate of drug-likeness (QED) is 0.900. The molecule has 0 spiro atoms. The summed E-state index contributed by atoms with van der Waals surface area (Å²) < 4.78 is 18.8. The zero-order chi connectivity index (χ0) is 13.9. The Morgan fingerprint density at radius 3 is 2.45 bits per heavy atom. The third kappa shape index (κ3) is 4.05. The highest BCUT2D eigenvalue weighted by atomic mass is 35.5. The second kappa shape index (κ2) is 8.92. The third-order valence-electron chi connectivity index (χ3n) is 4.66. The number of benzene rings is 1. The van der Waals surface area contributed by atoms with Gasteiger partial charge in [0, 0.05) is 32.2 Å². The van der Waals surface area contributed by atoms with Crippen molar-refractivity contribution in [2.75, 3.05) is 33.3 Å². The van der Waals surface area contributed by atoms with Gasteiger partial charge < -0.3 is 10.1 Å². The molecule has 2 aliphatic rings. The highest BCUT2D eigenvalue weighted by Gasteiger charge is 2.33. The van der Waals surface area contributed by atoms with E-state index >= 15 is 0 Å². The zero-order valence-electron chi connectivity index (χ0n) is 12.9. The zero-order valence-corrected chi connectivity index (χ0v) is 14.5. The van der Waals surface area contributed by atoms with Crippen molar-refractivity contribution in [1.82, 2.24) is 10.2 Å². The molecular formula is C16H25Cl2FN2O. The van der Waals surface area contributed by atoms with Crippen molar-refractivity contribution in [2.24, 2.45) is 5.92 Å². The van der Waals surface area contributed by atoms with Gasteiger partial charge in [0.05, 0.1) is 7.11 Å². The SMILES string of the molecule is COc1cc([C@H](C2CCC2)N2CCNCC2)ccc1F.Cl.Cl. The highest BCUT2D eigenvalue weighted by Crippen LogP contribution is 2.42. The summed E-state index contributed by atoms with van der Waals surface area (Å²) in [4.78, 5) is 2.55. The number of ether oxygens (including phenoxy) is 1. The lowest BCUT2D eigenvalue weighted by atomic mass is 9.76. The fourth-order valence-electron chi connectivity index (χ4n) is 3.36. The van der Waals surface area contributed by atoms with Gasteiger partial charge in [-0.15, -0.1) is 24.8 Å². The molecule has 0 amide bonds. The first-order valence-electron chi connectivity index (χ1n) is 7.58. The van der Waals surface area contributed by atoms with Crippen molar-refractivity contribution < 1.29 is 9.13 Å². The topological polar surface area (TPSA) is 24.5 Å². The molecule has 3 nitrogen and oxygen atoms in total. The Morgan fingerprint density at radius 1 is 1.23 bits per heavy atom. The fourth-order valence-corrected chi connectivity index (χ4v) is 3.36. The number of methoxy groups -OCH3 is 1. The van der Waals surface area contributed by atoms with Gasteiger partial charge in [-0.3, -0.25) is 4.90 Å². The van der Waals surface area contributed by atoms with Gasteiger partial charge in [0.1, 0.15) is 0 Å². The van der Waals surface area contributed by atoms with Crippen molar-refractivity contribution in [3.63, 3.8) is 0 Å². The summed E-state index contributed by atoms with van der Waals surface area (Å²) in [6.07, 6.45) is 3.90. The van der Waals surface area contributed by atoms with Crippen LogP contribution in [0.3, 0.4) is 0 Å². The van der Waals surface area contributed by atoms with E-state index in [4.69, 9.17) is 4.74 Å². The van der Waals surface area contributed by atoms with Gasteiger partial charge in [0.15, 0.2) is 11.6 Å². The molecule has 126 valence electrons. The standard InChI is InChI=1S/C16H23FN2O.2ClH/c1-20-15-11-13(5-6-14(15)17)16(12-3-2-4-12)19-9-7-18-8-10-19;;/h5-6,11-12,16,18H,2-4,7-10H2,1H3;2*1H/t16-;;/m0../s1. The van der Waals surface area contributed by atoms with E-state index < -0.39 is 0 Å². The second-order valence-electron chi connectivity index (χ2n) is 5.82. The summed E-state index contributed by atoms with van der Waals surface area (Å²) in [7, 11) is 1.53. The molecule has 2 fully saturated rings. The molecule has 1 atom stereocenters. The number of rotatable bonds is 4. The Balaban J connectivity index is 0.00000121. The summed E-state index contributed by atoms with van der Waals surface area (Å²) in [5, 5.41) is 3.40. The minimum absolute atomic E-state index is 0. The maximum atomic E-state index is 13.6. The van der Waals surface area contributed by atoms with Crippen LogP contribution in [0.1, 0.15) is 30.9 Å². The predicted molar refractivity (Wildman–Crippen MR) is 92.0 cm³/mol. The van der Waals surface area contributed by atoms with Gasteiger partial charge >= 0.3 is 0 Å². The molecule has 0 aromatic heterocycles. The molecule has 3 rings (SSSR count). The number of nitrogens with zero attached hydrogens (tertiary/aromatic N) is 1. The van der Waals surface area contributed by atoms with Gasteiger partial charge in [0.25, 0.3) is 0 Å². The van der Waals surface area contributed by atoms with Crippen LogP contribution >= 0.6 is 24.8 Å². The Bertz CT molecular complexity index is 465. The minimum Gasteiger partial charge on any atom is -0.494 e. The summed E-state index contributed by atoms with van der Waals surface area (Å²) in [5.74, 6) is 0.800. The Labute approximate surface area is 144 Å². The van der Waals surface area contributed by atoms with E-state index in [1.807, 2.05) is 12.1 Å². The lowest BCUT2D eigenvalue weighted by Gasteiger charge is -2.43. The summed E-state index contributed by atoms with van der Waals surface area (Å²) in [6.45, 7) is 4.23. The van der Waals surface area contributed by atoms with Gasteiger partial charge in [-0.25, -0.2) is 4.39 Å². The molecule has 1 N–H and O–H groups in total. The van der Waals surface area contributed by atoms with Crippen LogP contribution in [0.25, 0.3) is 0 Å². The number of hydrogen-bond donors (Lipinski definition) is 1. The monoisotopic (exact) mass is 350 g/mol. The van der Waals surface area contributed by atoms with Gasteiger partial charge in [-0.2, -0.15) is 0 Å². The van der Waals surface area contributed by atoms with E-state index in [-0.39, 0.29) is 30.6 Å². The van der Waals surface area contributed by atoms with E-state index in [0.29, 0.717) is 17.7 Å². The summed E-state index contributed by atoms with van der Waals surface area (Å²) in [6, 6.07) is 5.78. The minimum atomic E-state index is -0.274. The first-order valence-corrected chi connectivity index (χ1v) is 7.58. The van der Waals surface area contributed by atoms with Gasteiger partial charge in [-0.1, -0.05) is 12.5 Å². The first-order chi connectivity index (χ1) is 9.79. The number of piperazine rings is 1. The van der Waals surface area contributed by atoms with Crippen LogP contribution in [0.5, 0.6) is 5.75 Å². The fraction of sp³-hybridized carbons (Fsp3) is 0.625. The number of hydrogen-bond acceptors (Lipinski definition) is 3. The molecule has 1 aliphatic carbocycles. The molecule has 6 heteroatoms. The molecule has 1 heterocycles. The van der Waals surface area contributed by atoms with Crippen LogP contribution in [-0.4, -0.2) is 38.2 Å². The average molecular weight is 351 g/mol. The predicted octanol–water partition coefficient (Wildman–Crippen LogP) is 3.42. The maximum Gasteiger partial charge on any atom is 0.165 e. The number of halogens is 3. The van der Waals surface area contributed by atoms with Crippen LogP contribution in [0, 0.1) is 11.7 Å². The van der Waals surface area contributed by atoms with Crippen molar-refractivity contribution in [1.29, 1.82) is 0 Å². The van der Waals surface area contributed by atoms with E-state index in [1.54, 1.807) is 6.07 Å². The lowest BCUT2D eigenvalue weighted by Crippen LogP contribution is -2.47. The van der Waals surface area contributed by atoms with Crippen LogP contribution in [0.2, 0.25) is 0 Å². The highest BCUT2D eigenvalue weighted by molar-refractivity contribution is 5.85. The maximum absolute atomic E-state index is 13.6. The van der Waals surface area contributed by atoms with E-state index in [9.17, 15) is 4.39 Å². The normalized spacial score (nSPS) is 20.3. The Morgan fingerprint density at radius 2 is 1.91 bits per heavy atom. The number of nitrogens with one attached hydrogen (secondary N) is 1. The smallest absolute Gasteiger partial charge is 0.165 e. The van der Waals surface area contributed by atoms with E-state index in [0.717, 1.165) is 26.2 Å². The molecule has 0 radical (unpaired) electrons. The molecule has 22 heavy (non-hydrogen) atoms. The van der Waals surface area contributed by atoms with Gasteiger partial charge in [-0.05, 0) is 36.5 Å². The molecule has 1 saturated heterocycles. The van der Waals surface area contributed by atoms with Crippen molar-refractivity contribution in [3.8, 4) is 5.75 Å². The third-order valence-corrected chi connectivity index (χ3v) is 4.66. The molecule has 1 aromatic rings. The Kier molecular flexibility index (Phi) is 7.90. The van der Waals surface area contributed by atoms with Crippen LogP contribution in [0.4, 0.5) is 4.39 Å². The molecular weight excluding hydrogens is 326 g/mol. The lowest BCUT2D eigenvalue weighted by molar-refractivity contribution is 0.0835. The Hall–Kier alpha value is -0.550.